The zero-order chi connectivity index (χ0) is 12.8. The van der Waals surface area contributed by atoms with Gasteiger partial charge in [-0.15, -0.1) is 0 Å². The van der Waals surface area contributed by atoms with E-state index in [1.165, 1.54) is 7.11 Å². The van der Waals surface area contributed by atoms with Crippen molar-refractivity contribution in [3.63, 3.8) is 0 Å². The van der Waals surface area contributed by atoms with Crippen molar-refractivity contribution >= 4 is 11.9 Å². The van der Waals surface area contributed by atoms with Gasteiger partial charge >= 0.3 is 5.97 Å². The Morgan fingerprint density at radius 3 is 2.88 bits per heavy atom. The van der Waals surface area contributed by atoms with Gasteiger partial charge in [-0.25, -0.2) is 4.79 Å². The highest BCUT2D eigenvalue weighted by atomic mass is 16.5. The molecule has 0 aliphatic carbocycles. The van der Waals surface area contributed by atoms with E-state index < -0.39 is 12.1 Å². The fourth-order valence-corrected chi connectivity index (χ4v) is 1.40. The summed E-state index contributed by atoms with van der Waals surface area (Å²) in [5, 5.41) is 11.8. The number of aliphatic hydroxyl groups excluding tert-OH is 1. The molecule has 0 aromatic carbocycles. The summed E-state index contributed by atoms with van der Waals surface area (Å²) in [6.07, 6.45) is 0.444. The van der Waals surface area contributed by atoms with Gasteiger partial charge in [0.1, 0.15) is 5.69 Å². The van der Waals surface area contributed by atoms with Crippen molar-refractivity contribution in [1.82, 2.24) is 9.88 Å². The zero-order valence-corrected chi connectivity index (χ0v) is 9.84. The van der Waals surface area contributed by atoms with Gasteiger partial charge in [0.15, 0.2) is 6.10 Å². The van der Waals surface area contributed by atoms with Crippen LogP contribution in [0, 0.1) is 0 Å². The van der Waals surface area contributed by atoms with Crippen molar-refractivity contribution in [2.75, 3.05) is 13.7 Å². The molecule has 0 saturated carbocycles. The zero-order valence-electron chi connectivity index (χ0n) is 9.84. The average molecular weight is 240 g/mol. The Morgan fingerprint density at radius 2 is 2.29 bits per heavy atom. The molecule has 1 amide bonds. The van der Waals surface area contributed by atoms with E-state index in [0.717, 1.165) is 0 Å². The molecule has 94 valence electrons. The second kappa shape index (κ2) is 6.05. The molecular formula is C11H16N2O4. The first kappa shape index (κ1) is 13.2. The molecule has 1 rings (SSSR count). The highest BCUT2D eigenvalue weighted by Gasteiger charge is 2.17. The standard InChI is InChI=1S/C11H16N2O4/c1-3-13-6-4-5-8(13)10(15)12-7-9(14)11(16)17-2/h4-6,9,14H,3,7H2,1-2H3,(H,12,15). The van der Waals surface area contributed by atoms with Gasteiger partial charge in [-0.2, -0.15) is 0 Å². The third-order valence-electron chi connectivity index (χ3n) is 2.33. The highest BCUT2D eigenvalue weighted by Crippen LogP contribution is 2.01. The number of carbonyl (C=O) groups excluding carboxylic acids is 2. The van der Waals surface area contributed by atoms with Gasteiger partial charge in [-0.3, -0.25) is 4.79 Å². The lowest BCUT2D eigenvalue weighted by Crippen LogP contribution is -2.37. The Bertz CT molecular complexity index is 400. The molecule has 1 atom stereocenters. The first-order valence-corrected chi connectivity index (χ1v) is 5.29. The van der Waals surface area contributed by atoms with Crippen LogP contribution in [0.4, 0.5) is 0 Å². The first-order chi connectivity index (χ1) is 8.10. The largest absolute Gasteiger partial charge is 0.467 e. The Morgan fingerprint density at radius 1 is 1.59 bits per heavy atom. The summed E-state index contributed by atoms with van der Waals surface area (Å²) in [5.74, 6) is -1.10. The van der Waals surface area contributed by atoms with E-state index in [1.807, 2.05) is 6.92 Å². The van der Waals surface area contributed by atoms with E-state index in [9.17, 15) is 14.7 Å². The molecule has 0 fully saturated rings. The average Bonchev–Trinajstić information content (AvgIpc) is 2.82. The van der Waals surface area contributed by atoms with E-state index >= 15 is 0 Å². The van der Waals surface area contributed by atoms with Gasteiger partial charge in [0.25, 0.3) is 5.91 Å². The van der Waals surface area contributed by atoms with Gasteiger partial charge in [0, 0.05) is 12.7 Å². The van der Waals surface area contributed by atoms with Gasteiger partial charge in [-0.1, -0.05) is 0 Å². The SMILES string of the molecule is CCn1cccc1C(=O)NCC(O)C(=O)OC. The number of aromatic nitrogens is 1. The fourth-order valence-electron chi connectivity index (χ4n) is 1.40. The van der Waals surface area contributed by atoms with Gasteiger partial charge in [0.05, 0.1) is 13.7 Å². The van der Waals surface area contributed by atoms with Crippen LogP contribution in [0.2, 0.25) is 0 Å². The van der Waals surface area contributed by atoms with E-state index in [1.54, 1.807) is 22.9 Å². The summed E-state index contributed by atoms with van der Waals surface area (Å²) < 4.78 is 6.10. The highest BCUT2D eigenvalue weighted by molar-refractivity contribution is 5.93. The molecule has 0 spiro atoms. The molecule has 2 N–H and O–H groups in total. The predicted molar refractivity (Wildman–Crippen MR) is 60.5 cm³/mol. The van der Waals surface area contributed by atoms with Crippen molar-refractivity contribution in [1.29, 1.82) is 0 Å². The van der Waals surface area contributed by atoms with Crippen LogP contribution in [-0.2, 0) is 16.1 Å². The van der Waals surface area contributed by atoms with Crippen molar-refractivity contribution in [3.05, 3.63) is 24.0 Å². The Hall–Kier alpha value is -1.82. The maximum Gasteiger partial charge on any atom is 0.336 e. The monoisotopic (exact) mass is 240 g/mol. The van der Waals surface area contributed by atoms with E-state index in [4.69, 9.17) is 0 Å². The number of ether oxygens (including phenoxy) is 1. The molecule has 17 heavy (non-hydrogen) atoms. The van der Waals surface area contributed by atoms with Crippen molar-refractivity contribution in [3.8, 4) is 0 Å². The van der Waals surface area contributed by atoms with Crippen LogP contribution in [0.25, 0.3) is 0 Å². The molecule has 1 aromatic rings. The number of nitrogens with zero attached hydrogens (tertiary/aromatic N) is 1. The first-order valence-electron chi connectivity index (χ1n) is 5.29. The minimum Gasteiger partial charge on any atom is -0.467 e. The molecule has 1 aromatic heterocycles. The van der Waals surface area contributed by atoms with E-state index in [2.05, 4.69) is 10.1 Å². The van der Waals surface area contributed by atoms with Gasteiger partial charge in [-0.05, 0) is 19.1 Å². The van der Waals surface area contributed by atoms with Crippen LogP contribution >= 0.6 is 0 Å². The number of methoxy groups -OCH3 is 1. The summed E-state index contributed by atoms with van der Waals surface area (Å²) >= 11 is 0. The molecule has 1 heterocycles. The Kier molecular flexibility index (Phi) is 4.71. The Balaban J connectivity index is 2.53. The van der Waals surface area contributed by atoms with Crippen LogP contribution < -0.4 is 5.32 Å². The number of aryl methyl sites for hydroxylation is 1. The quantitative estimate of drug-likeness (QED) is 0.697. The molecule has 0 bridgehead atoms. The second-order valence-electron chi connectivity index (χ2n) is 3.43. The van der Waals surface area contributed by atoms with Crippen LogP contribution in [0.5, 0.6) is 0 Å². The molecular weight excluding hydrogens is 224 g/mol. The molecule has 0 aliphatic heterocycles. The summed E-state index contributed by atoms with van der Waals surface area (Å²) in [7, 11) is 1.18. The predicted octanol–water partition coefficient (Wildman–Crippen LogP) is -0.228. The number of hydrogen-bond donors (Lipinski definition) is 2. The molecule has 6 nitrogen and oxygen atoms in total. The van der Waals surface area contributed by atoms with Crippen LogP contribution in [-0.4, -0.2) is 41.3 Å². The second-order valence-corrected chi connectivity index (χ2v) is 3.43. The molecule has 0 aliphatic rings. The lowest BCUT2D eigenvalue weighted by molar-refractivity contribution is -0.149. The normalized spacial score (nSPS) is 11.9. The topological polar surface area (TPSA) is 80.6 Å². The van der Waals surface area contributed by atoms with Crippen LogP contribution in [0.15, 0.2) is 18.3 Å². The van der Waals surface area contributed by atoms with Gasteiger partial charge in [0.2, 0.25) is 0 Å². The summed E-state index contributed by atoms with van der Waals surface area (Å²) in [6.45, 7) is 2.43. The summed E-state index contributed by atoms with van der Waals surface area (Å²) in [4.78, 5) is 22.6. The number of amides is 1. The van der Waals surface area contributed by atoms with Gasteiger partial charge < -0.3 is 19.7 Å². The lowest BCUT2D eigenvalue weighted by Gasteiger charge is -2.10. The smallest absolute Gasteiger partial charge is 0.336 e. The number of carbonyl (C=O) groups is 2. The van der Waals surface area contributed by atoms with Crippen LogP contribution in [0.3, 0.4) is 0 Å². The fraction of sp³-hybridized carbons (Fsp3) is 0.455. The number of aliphatic hydroxyl groups is 1. The number of nitrogens with one attached hydrogen (secondary N) is 1. The van der Waals surface area contributed by atoms with E-state index in [0.29, 0.717) is 12.2 Å². The minimum absolute atomic E-state index is 0.166. The lowest BCUT2D eigenvalue weighted by atomic mass is 10.3. The molecule has 0 radical (unpaired) electrons. The Labute approximate surface area is 99.2 Å². The van der Waals surface area contributed by atoms with Crippen molar-refractivity contribution in [2.45, 2.75) is 19.6 Å². The summed E-state index contributed by atoms with van der Waals surface area (Å²) in [5.41, 5.74) is 0.490. The van der Waals surface area contributed by atoms with E-state index in [-0.39, 0.29) is 12.5 Å². The maximum absolute atomic E-state index is 11.7. The molecule has 0 saturated heterocycles. The van der Waals surface area contributed by atoms with Crippen molar-refractivity contribution in [2.24, 2.45) is 0 Å². The summed E-state index contributed by atoms with van der Waals surface area (Å²) in [6, 6.07) is 3.43. The van der Waals surface area contributed by atoms with Crippen molar-refractivity contribution < 1.29 is 19.4 Å². The minimum atomic E-state index is -1.34. The number of rotatable bonds is 5. The van der Waals surface area contributed by atoms with Crippen LogP contribution in [0.1, 0.15) is 17.4 Å². The molecule has 1 unspecified atom stereocenters. The molecule has 6 heteroatoms. The number of hydrogen-bond acceptors (Lipinski definition) is 4. The third-order valence-corrected chi connectivity index (χ3v) is 2.33. The number of esters is 1. The maximum atomic E-state index is 11.7. The third kappa shape index (κ3) is 3.32.